The number of nitrogens with zero attached hydrogens (tertiary/aromatic N) is 1. The zero-order chi connectivity index (χ0) is 45.1. The second-order valence-corrected chi connectivity index (χ2v) is 14.5. The van der Waals surface area contributed by atoms with E-state index in [2.05, 4.69) is 16.0 Å². The highest BCUT2D eigenvalue weighted by Gasteiger charge is 2.25. The molecule has 5 rings (SSSR count). The molecule has 0 unspecified atom stereocenters. The van der Waals surface area contributed by atoms with Gasteiger partial charge in [-0.15, -0.1) is 0 Å². The SMILES string of the molecule is CC(C)COc1c(CC(=O)c2ccc(CC(=O)[C@H](CC(N)=O)NC(=O)c3ccc(NC(=O)c4ccc([N+](=O)[O-])cc4)cc3)cc2)ccc(C(=O)Nc2ccc(C(=O)O)cc2)c1O. The highest BCUT2D eigenvalue weighted by molar-refractivity contribution is 6.08. The van der Waals surface area contributed by atoms with Crippen molar-refractivity contribution < 1.29 is 53.4 Å². The first kappa shape index (κ1) is 44.9. The summed E-state index contributed by atoms with van der Waals surface area (Å²) in [4.78, 5) is 99.0. The Balaban J connectivity index is 1.22. The fourth-order valence-corrected chi connectivity index (χ4v) is 5.98. The van der Waals surface area contributed by atoms with E-state index in [1.54, 1.807) is 12.1 Å². The minimum atomic E-state index is -1.29. The average Bonchev–Trinajstić information content (AvgIpc) is 3.23. The number of phenols is 1. The molecule has 0 saturated carbocycles. The zero-order valence-corrected chi connectivity index (χ0v) is 33.4. The first-order valence-corrected chi connectivity index (χ1v) is 19.0. The molecule has 0 heterocycles. The van der Waals surface area contributed by atoms with Crippen molar-refractivity contribution in [3.8, 4) is 11.5 Å². The van der Waals surface area contributed by atoms with Crippen LogP contribution in [0.5, 0.6) is 11.5 Å². The number of nitro groups is 1. The second-order valence-electron chi connectivity index (χ2n) is 14.5. The van der Waals surface area contributed by atoms with Crippen LogP contribution in [0, 0.1) is 16.0 Å². The van der Waals surface area contributed by atoms with Crippen LogP contribution in [0.1, 0.15) is 83.2 Å². The molecule has 5 aromatic rings. The number of primary amides is 1. The Hall–Kier alpha value is -8.21. The minimum Gasteiger partial charge on any atom is -0.504 e. The third kappa shape index (κ3) is 11.9. The van der Waals surface area contributed by atoms with Crippen molar-refractivity contribution in [3.63, 3.8) is 0 Å². The first-order chi connectivity index (χ1) is 29.5. The maximum atomic E-state index is 13.5. The van der Waals surface area contributed by atoms with Crippen LogP contribution < -0.4 is 26.4 Å². The van der Waals surface area contributed by atoms with Gasteiger partial charge in [-0.05, 0) is 78.2 Å². The maximum absolute atomic E-state index is 13.5. The minimum absolute atomic E-state index is 0.0278. The number of hydrogen-bond acceptors (Lipinski definition) is 11. The molecular formula is C45H41N5O12. The lowest BCUT2D eigenvalue weighted by Crippen LogP contribution is -2.44. The molecule has 1 atom stereocenters. The predicted octanol–water partition coefficient (Wildman–Crippen LogP) is 5.75. The van der Waals surface area contributed by atoms with Crippen molar-refractivity contribution in [2.24, 2.45) is 11.7 Å². The number of carboxylic acid groups (broad SMARTS) is 1. The number of carboxylic acids is 1. The van der Waals surface area contributed by atoms with Gasteiger partial charge in [0.05, 0.1) is 35.1 Å². The molecule has 0 aliphatic carbocycles. The lowest BCUT2D eigenvalue weighted by Gasteiger charge is -2.17. The van der Waals surface area contributed by atoms with E-state index in [0.29, 0.717) is 22.5 Å². The highest BCUT2D eigenvalue weighted by Crippen LogP contribution is 2.36. The molecule has 0 radical (unpaired) electrons. The third-order valence-electron chi connectivity index (χ3n) is 9.26. The summed E-state index contributed by atoms with van der Waals surface area (Å²) < 4.78 is 5.88. The number of nitro benzene ring substituents is 1. The first-order valence-electron chi connectivity index (χ1n) is 19.0. The number of nitrogens with two attached hydrogens (primary N) is 1. The second kappa shape index (κ2) is 20.2. The third-order valence-corrected chi connectivity index (χ3v) is 9.26. The quantitative estimate of drug-likeness (QED) is 0.0330. The van der Waals surface area contributed by atoms with Gasteiger partial charge in [0.1, 0.15) is 0 Å². The molecule has 5 aromatic carbocycles. The molecule has 0 aliphatic rings. The van der Waals surface area contributed by atoms with Crippen LogP contribution in [0.25, 0.3) is 0 Å². The molecular weight excluding hydrogens is 803 g/mol. The van der Waals surface area contributed by atoms with Gasteiger partial charge in [0, 0.05) is 58.6 Å². The molecule has 318 valence electrons. The topological polar surface area (TPSA) is 274 Å². The van der Waals surface area contributed by atoms with Crippen molar-refractivity contribution in [1.29, 1.82) is 0 Å². The van der Waals surface area contributed by atoms with E-state index in [9.17, 15) is 48.8 Å². The smallest absolute Gasteiger partial charge is 0.335 e. The lowest BCUT2D eigenvalue weighted by atomic mass is 9.97. The highest BCUT2D eigenvalue weighted by atomic mass is 16.6. The Morgan fingerprint density at radius 3 is 1.77 bits per heavy atom. The van der Waals surface area contributed by atoms with E-state index < -0.39 is 58.5 Å². The molecule has 7 N–H and O–H groups in total. The maximum Gasteiger partial charge on any atom is 0.335 e. The van der Waals surface area contributed by atoms with Crippen molar-refractivity contribution in [1.82, 2.24) is 5.32 Å². The normalized spacial score (nSPS) is 11.2. The number of ketones is 2. The van der Waals surface area contributed by atoms with Crippen LogP contribution in [0.4, 0.5) is 17.1 Å². The van der Waals surface area contributed by atoms with Gasteiger partial charge < -0.3 is 36.6 Å². The van der Waals surface area contributed by atoms with Crippen LogP contribution in [-0.2, 0) is 22.4 Å². The van der Waals surface area contributed by atoms with E-state index in [1.165, 1.54) is 97.1 Å². The number of amides is 4. The Morgan fingerprint density at radius 2 is 1.23 bits per heavy atom. The fraction of sp³-hybridized carbons (Fsp3) is 0.178. The summed E-state index contributed by atoms with van der Waals surface area (Å²) in [6.07, 6.45) is -0.939. The number of non-ortho nitro benzene ring substituents is 1. The predicted molar refractivity (Wildman–Crippen MR) is 226 cm³/mol. The number of Topliss-reactive ketones (excluding diaryl/α,β-unsaturated/α-hetero) is 2. The van der Waals surface area contributed by atoms with Crippen LogP contribution in [-0.4, -0.2) is 68.9 Å². The lowest BCUT2D eigenvalue weighted by molar-refractivity contribution is -0.384. The number of carbonyl (C=O) groups excluding carboxylic acids is 6. The Labute approximate surface area is 354 Å². The number of nitrogens with one attached hydrogen (secondary N) is 3. The van der Waals surface area contributed by atoms with Crippen molar-refractivity contribution >= 4 is 58.2 Å². The van der Waals surface area contributed by atoms with Crippen LogP contribution in [0.15, 0.2) is 109 Å². The summed E-state index contributed by atoms with van der Waals surface area (Å²) in [5.41, 5.74) is 7.04. The zero-order valence-electron chi connectivity index (χ0n) is 33.4. The van der Waals surface area contributed by atoms with Gasteiger partial charge in [0.25, 0.3) is 23.4 Å². The average molecular weight is 844 g/mol. The van der Waals surface area contributed by atoms with Gasteiger partial charge in [0.2, 0.25) is 5.91 Å². The van der Waals surface area contributed by atoms with Crippen LogP contribution >= 0.6 is 0 Å². The Bertz CT molecular complexity index is 2520. The molecule has 0 aliphatic heterocycles. The standard InChI is InChI=1S/C45H41N5O12/c1-25(2)24-62-41-31(13-20-35(40(41)54)44(57)48-33-16-9-30(10-17-33)45(58)59)22-37(51)27-5-3-26(4-6-27)21-38(52)36(23-39(46)53)49-43(56)28-7-14-32(15-8-28)47-42(55)29-11-18-34(19-12-29)50(60)61/h3-20,25,36,54H,21-24H2,1-2H3,(H2,46,53)(H,47,55)(H,48,57)(H,49,56)(H,58,59)/t36-/m0/s1. The number of ether oxygens (including phenoxy) is 1. The molecule has 4 amide bonds. The monoisotopic (exact) mass is 843 g/mol. The number of carbonyl (C=O) groups is 7. The van der Waals surface area contributed by atoms with Gasteiger partial charge in [-0.25, -0.2) is 4.79 Å². The van der Waals surface area contributed by atoms with E-state index in [-0.39, 0.29) is 70.4 Å². The summed E-state index contributed by atoms with van der Waals surface area (Å²) in [5.74, 6) is -5.30. The van der Waals surface area contributed by atoms with Gasteiger partial charge in [-0.1, -0.05) is 44.2 Å². The number of rotatable bonds is 19. The number of phenolic OH excluding ortho intramolecular Hbond substituents is 1. The van der Waals surface area contributed by atoms with Crippen LogP contribution in [0.3, 0.4) is 0 Å². The summed E-state index contributed by atoms with van der Waals surface area (Å²) in [6.45, 7) is 3.93. The molecule has 0 spiro atoms. The van der Waals surface area contributed by atoms with E-state index in [0.717, 1.165) is 0 Å². The summed E-state index contributed by atoms with van der Waals surface area (Å²) in [5, 5.41) is 38.9. The Kier molecular flexibility index (Phi) is 14.6. The summed E-state index contributed by atoms with van der Waals surface area (Å²) in [7, 11) is 0. The van der Waals surface area contributed by atoms with Crippen molar-refractivity contribution in [2.45, 2.75) is 39.2 Å². The van der Waals surface area contributed by atoms with Gasteiger partial charge in [-0.2, -0.15) is 0 Å². The molecule has 0 aromatic heterocycles. The molecule has 0 saturated heterocycles. The molecule has 17 nitrogen and oxygen atoms in total. The molecule has 0 fully saturated rings. The number of aromatic carboxylic acids is 1. The largest absolute Gasteiger partial charge is 0.504 e. The number of hydrogen-bond donors (Lipinski definition) is 6. The molecule has 62 heavy (non-hydrogen) atoms. The van der Waals surface area contributed by atoms with Crippen LogP contribution in [0.2, 0.25) is 0 Å². The molecule has 0 bridgehead atoms. The molecule has 17 heteroatoms. The summed E-state index contributed by atoms with van der Waals surface area (Å²) >= 11 is 0. The number of aromatic hydroxyl groups is 1. The van der Waals surface area contributed by atoms with Gasteiger partial charge >= 0.3 is 5.97 Å². The number of anilines is 2. The summed E-state index contributed by atoms with van der Waals surface area (Å²) in [6, 6.07) is 23.7. The van der Waals surface area contributed by atoms with Gasteiger partial charge in [-0.3, -0.25) is 38.9 Å². The van der Waals surface area contributed by atoms with Crippen molar-refractivity contribution in [2.75, 3.05) is 17.2 Å². The van der Waals surface area contributed by atoms with E-state index in [4.69, 9.17) is 15.6 Å². The Morgan fingerprint density at radius 1 is 0.694 bits per heavy atom. The van der Waals surface area contributed by atoms with E-state index in [1.807, 2.05) is 13.8 Å². The van der Waals surface area contributed by atoms with Crippen molar-refractivity contribution in [3.05, 3.63) is 158 Å². The fourth-order valence-electron chi connectivity index (χ4n) is 5.98. The van der Waals surface area contributed by atoms with E-state index >= 15 is 0 Å². The number of benzene rings is 5. The van der Waals surface area contributed by atoms with Gasteiger partial charge in [0.15, 0.2) is 23.1 Å².